The fourth-order valence-electron chi connectivity index (χ4n) is 3.86. The molecule has 0 spiro atoms. The first kappa shape index (κ1) is 21.5. The van der Waals surface area contributed by atoms with Crippen LogP contribution < -0.4 is 15.5 Å². The van der Waals surface area contributed by atoms with Gasteiger partial charge in [-0.2, -0.15) is 0 Å². The number of amides is 2. The molecule has 0 unspecified atom stereocenters. The van der Waals surface area contributed by atoms with Gasteiger partial charge in [0, 0.05) is 42.2 Å². The Bertz CT molecular complexity index is 957. The third kappa shape index (κ3) is 5.00. The van der Waals surface area contributed by atoms with E-state index in [1.54, 1.807) is 11.8 Å². The molecule has 32 heavy (non-hydrogen) atoms. The van der Waals surface area contributed by atoms with Gasteiger partial charge >= 0.3 is 6.03 Å². The van der Waals surface area contributed by atoms with E-state index >= 15 is 0 Å². The minimum absolute atomic E-state index is 0.0240. The number of aliphatic hydroxyl groups is 1. The minimum atomic E-state index is -0.162. The first-order valence-corrected chi connectivity index (χ1v) is 12.3. The Morgan fingerprint density at radius 1 is 1.19 bits per heavy atom. The molecule has 1 aromatic carbocycles. The van der Waals surface area contributed by atoms with Gasteiger partial charge in [0.15, 0.2) is 5.82 Å². The van der Waals surface area contributed by atoms with Crippen molar-refractivity contribution in [3.8, 4) is 11.4 Å². The highest BCUT2D eigenvalue weighted by Gasteiger charge is 2.46. The number of carbonyl (C=O) groups is 1. The molecule has 2 aliphatic carbocycles. The average molecular weight is 456 g/mol. The SMILES string of the molecule is O=C(Nc1ccc(-c2nc(N3CCOCC3)cc(C3(SCCO)CC3)n2)cc1)NC1CC1. The van der Waals surface area contributed by atoms with E-state index in [1.807, 2.05) is 24.3 Å². The standard InChI is InChI=1S/C23H29N5O3S/c29-11-14-32-23(7-8-23)19-15-20(28-9-12-31-13-10-28)27-21(26-19)16-1-3-17(4-2-16)24-22(30)25-18-5-6-18/h1-4,15,18,29H,5-14H2,(H2,24,25,30). The van der Waals surface area contributed by atoms with Gasteiger partial charge in [0.25, 0.3) is 0 Å². The molecule has 2 aromatic rings. The molecular weight excluding hydrogens is 426 g/mol. The van der Waals surface area contributed by atoms with Crippen LogP contribution in [-0.4, -0.2) is 65.8 Å². The van der Waals surface area contributed by atoms with Gasteiger partial charge in [0.05, 0.1) is 30.3 Å². The molecule has 2 heterocycles. The number of nitrogens with one attached hydrogen (secondary N) is 2. The molecule has 8 nitrogen and oxygen atoms in total. The van der Waals surface area contributed by atoms with Crippen molar-refractivity contribution in [2.24, 2.45) is 0 Å². The van der Waals surface area contributed by atoms with Crippen LogP contribution in [0.15, 0.2) is 30.3 Å². The number of hydrogen-bond acceptors (Lipinski definition) is 7. The van der Waals surface area contributed by atoms with Crippen LogP contribution in [0.3, 0.4) is 0 Å². The highest BCUT2D eigenvalue weighted by Crippen LogP contribution is 2.56. The van der Waals surface area contributed by atoms with Crippen LogP contribution in [0.5, 0.6) is 0 Å². The third-order valence-corrected chi connectivity index (χ3v) is 7.56. The van der Waals surface area contributed by atoms with E-state index < -0.39 is 0 Å². The van der Waals surface area contributed by atoms with Crippen molar-refractivity contribution in [2.45, 2.75) is 36.5 Å². The van der Waals surface area contributed by atoms with Crippen molar-refractivity contribution in [3.63, 3.8) is 0 Å². The average Bonchev–Trinajstić information content (AvgIpc) is 3.75. The number of hydrogen-bond donors (Lipinski definition) is 3. The van der Waals surface area contributed by atoms with Gasteiger partial charge in [-0.1, -0.05) is 0 Å². The summed E-state index contributed by atoms with van der Waals surface area (Å²) in [6, 6.07) is 9.96. The molecule has 2 saturated carbocycles. The summed E-state index contributed by atoms with van der Waals surface area (Å²) in [6.45, 7) is 3.19. The second-order valence-corrected chi connectivity index (χ2v) is 10.0. The highest BCUT2D eigenvalue weighted by molar-refractivity contribution is 8.00. The summed E-state index contributed by atoms with van der Waals surface area (Å²) < 4.78 is 5.49. The quantitative estimate of drug-likeness (QED) is 0.563. The zero-order valence-electron chi connectivity index (χ0n) is 18.0. The van der Waals surface area contributed by atoms with Crippen LogP contribution >= 0.6 is 11.8 Å². The predicted molar refractivity (Wildman–Crippen MR) is 126 cm³/mol. The highest BCUT2D eigenvalue weighted by atomic mass is 32.2. The van der Waals surface area contributed by atoms with Crippen LogP contribution in [0.4, 0.5) is 16.3 Å². The normalized spacial score (nSPS) is 19.5. The van der Waals surface area contributed by atoms with Crippen molar-refractivity contribution in [1.29, 1.82) is 0 Å². The van der Waals surface area contributed by atoms with E-state index in [2.05, 4.69) is 21.6 Å². The summed E-state index contributed by atoms with van der Waals surface area (Å²) in [5, 5.41) is 15.1. The summed E-state index contributed by atoms with van der Waals surface area (Å²) in [7, 11) is 0. The molecule has 1 aromatic heterocycles. The fourth-order valence-corrected chi connectivity index (χ4v) is 4.99. The second kappa shape index (κ2) is 9.25. The molecule has 0 bridgehead atoms. The Morgan fingerprint density at radius 3 is 2.59 bits per heavy atom. The lowest BCUT2D eigenvalue weighted by atomic mass is 10.1. The number of morpholine rings is 1. The number of nitrogens with zero attached hydrogens (tertiary/aromatic N) is 3. The minimum Gasteiger partial charge on any atom is -0.396 e. The van der Waals surface area contributed by atoms with Crippen LogP contribution in [0.25, 0.3) is 11.4 Å². The van der Waals surface area contributed by atoms with Crippen LogP contribution in [0, 0.1) is 0 Å². The van der Waals surface area contributed by atoms with Gasteiger partial charge < -0.3 is 25.4 Å². The molecule has 3 N–H and O–H groups in total. The van der Waals surface area contributed by atoms with Crippen molar-refractivity contribution >= 4 is 29.3 Å². The summed E-state index contributed by atoms with van der Waals surface area (Å²) in [5.74, 6) is 2.32. The lowest BCUT2D eigenvalue weighted by molar-refractivity contribution is 0.122. The topological polar surface area (TPSA) is 99.6 Å². The molecule has 1 saturated heterocycles. The number of aliphatic hydroxyl groups excluding tert-OH is 1. The van der Waals surface area contributed by atoms with Crippen molar-refractivity contribution < 1.29 is 14.6 Å². The van der Waals surface area contributed by atoms with Crippen LogP contribution in [0.1, 0.15) is 31.4 Å². The predicted octanol–water partition coefficient (Wildman–Crippen LogP) is 2.98. The Balaban J connectivity index is 1.40. The third-order valence-electron chi connectivity index (χ3n) is 6.00. The van der Waals surface area contributed by atoms with Gasteiger partial charge in [-0.05, 0) is 49.9 Å². The maximum Gasteiger partial charge on any atom is 0.319 e. The molecule has 0 atom stereocenters. The van der Waals surface area contributed by atoms with E-state index in [4.69, 9.17) is 14.7 Å². The number of carbonyl (C=O) groups excluding carboxylic acids is 1. The van der Waals surface area contributed by atoms with E-state index in [-0.39, 0.29) is 17.4 Å². The molecule has 3 fully saturated rings. The van der Waals surface area contributed by atoms with E-state index in [0.717, 1.165) is 61.5 Å². The van der Waals surface area contributed by atoms with Gasteiger partial charge in [-0.15, -0.1) is 11.8 Å². The van der Waals surface area contributed by atoms with Crippen molar-refractivity contribution in [2.75, 3.05) is 48.9 Å². The molecule has 9 heteroatoms. The smallest absolute Gasteiger partial charge is 0.319 e. The zero-order valence-corrected chi connectivity index (χ0v) is 18.9. The lowest BCUT2D eigenvalue weighted by Crippen LogP contribution is -2.37. The number of urea groups is 1. The number of ether oxygens (including phenoxy) is 1. The number of rotatable bonds is 8. The largest absolute Gasteiger partial charge is 0.396 e. The zero-order chi connectivity index (χ0) is 22.0. The first-order valence-electron chi connectivity index (χ1n) is 11.3. The van der Waals surface area contributed by atoms with Gasteiger partial charge in [-0.3, -0.25) is 0 Å². The number of benzene rings is 1. The monoisotopic (exact) mass is 455 g/mol. The van der Waals surface area contributed by atoms with E-state index in [9.17, 15) is 9.90 Å². The van der Waals surface area contributed by atoms with Gasteiger partial charge in [0.2, 0.25) is 0 Å². The lowest BCUT2D eigenvalue weighted by Gasteiger charge is -2.29. The molecule has 5 rings (SSSR count). The Kier molecular flexibility index (Phi) is 6.21. The number of anilines is 2. The Labute approximate surface area is 192 Å². The maximum atomic E-state index is 12.0. The summed E-state index contributed by atoms with van der Waals surface area (Å²) in [5.41, 5.74) is 2.69. The molecule has 1 aliphatic heterocycles. The summed E-state index contributed by atoms with van der Waals surface area (Å²) >= 11 is 1.78. The van der Waals surface area contributed by atoms with Gasteiger partial charge in [0.1, 0.15) is 5.82 Å². The van der Waals surface area contributed by atoms with Crippen LogP contribution in [-0.2, 0) is 9.48 Å². The van der Waals surface area contributed by atoms with Crippen molar-refractivity contribution in [3.05, 3.63) is 36.0 Å². The number of thioether (sulfide) groups is 1. The first-order chi connectivity index (χ1) is 15.6. The molecule has 170 valence electrons. The summed E-state index contributed by atoms with van der Waals surface area (Å²) in [4.78, 5) is 24.1. The van der Waals surface area contributed by atoms with Crippen molar-refractivity contribution in [1.82, 2.24) is 15.3 Å². The van der Waals surface area contributed by atoms with E-state index in [0.29, 0.717) is 30.8 Å². The van der Waals surface area contributed by atoms with E-state index in [1.165, 1.54) is 0 Å². The second-order valence-electron chi connectivity index (χ2n) is 8.55. The maximum absolute atomic E-state index is 12.0. The molecule has 0 radical (unpaired) electrons. The van der Waals surface area contributed by atoms with Crippen LogP contribution in [0.2, 0.25) is 0 Å². The molecular formula is C23H29N5O3S. The summed E-state index contributed by atoms with van der Waals surface area (Å²) in [6.07, 6.45) is 4.25. The number of aromatic nitrogens is 2. The Morgan fingerprint density at radius 2 is 1.94 bits per heavy atom. The van der Waals surface area contributed by atoms with Gasteiger partial charge in [-0.25, -0.2) is 14.8 Å². The molecule has 3 aliphatic rings. The molecule has 2 amide bonds. The Hall–Kier alpha value is -2.36. The fraction of sp³-hybridized carbons (Fsp3) is 0.522.